The highest BCUT2D eigenvalue weighted by Gasteiger charge is 2.11. The molecular formula is C7H6BrNO3. The molecule has 0 atom stereocenters. The van der Waals surface area contributed by atoms with Crippen molar-refractivity contribution in [1.29, 1.82) is 0 Å². The van der Waals surface area contributed by atoms with E-state index in [-0.39, 0.29) is 17.0 Å². The largest absolute Gasteiger partial charge is 0.508 e. The first-order valence-electron chi connectivity index (χ1n) is 3.03. The maximum absolute atomic E-state index is 10.5. The van der Waals surface area contributed by atoms with Gasteiger partial charge in [0.15, 0.2) is 0 Å². The topological polar surface area (TPSA) is 83.5 Å². The lowest BCUT2D eigenvalue weighted by atomic mass is 10.2. The highest BCUT2D eigenvalue weighted by Crippen LogP contribution is 2.28. The maximum Gasteiger partial charge on any atom is 0.337 e. The Labute approximate surface area is 76.8 Å². The van der Waals surface area contributed by atoms with Gasteiger partial charge in [-0.2, -0.15) is 0 Å². The van der Waals surface area contributed by atoms with Gasteiger partial charge >= 0.3 is 5.97 Å². The molecule has 0 aliphatic heterocycles. The fraction of sp³-hybridized carbons (Fsp3) is 0. The van der Waals surface area contributed by atoms with E-state index in [1.807, 2.05) is 0 Å². The van der Waals surface area contributed by atoms with Gasteiger partial charge in [-0.15, -0.1) is 0 Å². The molecule has 0 saturated carbocycles. The Kier molecular flexibility index (Phi) is 2.23. The molecule has 0 radical (unpaired) electrons. The van der Waals surface area contributed by atoms with Gasteiger partial charge in [0.05, 0.1) is 11.3 Å². The summed E-state index contributed by atoms with van der Waals surface area (Å²) in [7, 11) is 0. The lowest BCUT2D eigenvalue weighted by molar-refractivity contribution is 0.0697. The van der Waals surface area contributed by atoms with Crippen LogP contribution in [-0.4, -0.2) is 16.2 Å². The Morgan fingerprint density at radius 1 is 1.50 bits per heavy atom. The molecular weight excluding hydrogens is 226 g/mol. The lowest BCUT2D eigenvalue weighted by Gasteiger charge is -2.03. The van der Waals surface area contributed by atoms with Gasteiger partial charge < -0.3 is 15.9 Å². The van der Waals surface area contributed by atoms with Crippen molar-refractivity contribution in [1.82, 2.24) is 0 Å². The van der Waals surface area contributed by atoms with Gasteiger partial charge in [-0.25, -0.2) is 4.79 Å². The number of aromatic carboxylic acids is 1. The van der Waals surface area contributed by atoms with Crippen LogP contribution in [0.25, 0.3) is 0 Å². The van der Waals surface area contributed by atoms with E-state index < -0.39 is 5.97 Å². The molecule has 4 nitrogen and oxygen atoms in total. The Morgan fingerprint density at radius 3 is 2.58 bits per heavy atom. The van der Waals surface area contributed by atoms with Crippen LogP contribution in [0.5, 0.6) is 5.75 Å². The number of hydrogen-bond acceptors (Lipinski definition) is 3. The second-order valence-corrected chi connectivity index (χ2v) is 3.05. The first kappa shape index (κ1) is 8.86. The van der Waals surface area contributed by atoms with Crippen LogP contribution >= 0.6 is 15.9 Å². The number of aromatic hydroxyl groups is 1. The van der Waals surface area contributed by atoms with Crippen molar-refractivity contribution in [3.05, 3.63) is 22.2 Å². The SMILES string of the molecule is Nc1c(Br)cc(O)cc1C(=O)O. The molecule has 1 aromatic rings. The minimum absolute atomic E-state index is 0.109. The minimum atomic E-state index is -1.16. The molecule has 64 valence electrons. The van der Waals surface area contributed by atoms with Crippen molar-refractivity contribution in [2.24, 2.45) is 0 Å². The first-order chi connectivity index (χ1) is 5.52. The summed E-state index contributed by atoms with van der Waals surface area (Å²) in [6, 6.07) is 2.43. The Balaban J connectivity index is 3.37. The Morgan fingerprint density at radius 2 is 2.08 bits per heavy atom. The number of rotatable bonds is 1. The minimum Gasteiger partial charge on any atom is -0.508 e. The van der Waals surface area contributed by atoms with E-state index in [2.05, 4.69) is 15.9 Å². The van der Waals surface area contributed by atoms with Gasteiger partial charge in [0.25, 0.3) is 0 Å². The van der Waals surface area contributed by atoms with Crippen LogP contribution in [0, 0.1) is 0 Å². The number of carboxylic acid groups (broad SMARTS) is 1. The van der Waals surface area contributed by atoms with Gasteiger partial charge in [0.2, 0.25) is 0 Å². The molecule has 0 unspecified atom stereocenters. The van der Waals surface area contributed by atoms with Crippen molar-refractivity contribution in [3.8, 4) is 5.75 Å². The fourth-order valence-corrected chi connectivity index (χ4v) is 1.23. The van der Waals surface area contributed by atoms with Crippen molar-refractivity contribution in [3.63, 3.8) is 0 Å². The zero-order valence-corrected chi connectivity index (χ0v) is 7.50. The Bertz CT molecular complexity index is 338. The van der Waals surface area contributed by atoms with Crippen LogP contribution in [0.3, 0.4) is 0 Å². The van der Waals surface area contributed by atoms with Crippen LogP contribution in [-0.2, 0) is 0 Å². The summed E-state index contributed by atoms with van der Waals surface area (Å²) < 4.78 is 0.375. The van der Waals surface area contributed by atoms with E-state index in [0.717, 1.165) is 6.07 Å². The average molecular weight is 232 g/mol. The number of nitrogens with two attached hydrogens (primary N) is 1. The van der Waals surface area contributed by atoms with Crippen LogP contribution < -0.4 is 5.73 Å². The summed E-state index contributed by atoms with van der Waals surface area (Å²) in [5.41, 5.74) is 5.42. The normalized spacial score (nSPS) is 9.75. The summed E-state index contributed by atoms with van der Waals surface area (Å²) in [5, 5.41) is 17.6. The third kappa shape index (κ3) is 1.50. The van der Waals surface area contributed by atoms with Crippen molar-refractivity contribution in [2.45, 2.75) is 0 Å². The molecule has 0 amide bonds. The predicted molar refractivity (Wildman–Crippen MR) is 47.2 cm³/mol. The molecule has 5 heteroatoms. The second kappa shape index (κ2) is 3.02. The van der Waals surface area contributed by atoms with Crippen molar-refractivity contribution >= 4 is 27.6 Å². The monoisotopic (exact) mass is 231 g/mol. The van der Waals surface area contributed by atoms with Crippen molar-refractivity contribution < 1.29 is 15.0 Å². The summed E-state index contributed by atoms with van der Waals surface area (Å²) >= 11 is 3.02. The molecule has 1 rings (SSSR count). The highest BCUT2D eigenvalue weighted by atomic mass is 79.9. The van der Waals surface area contributed by atoms with E-state index in [9.17, 15) is 4.79 Å². The smallest absolute Gasteiger partial charge is 0.337 e. The zero-order chi connectivity index (χ0) is 9.30. The first-order valence-corrected chi connectivity index (χ1v) is 3.83. The number of halogens is 1. The van der Waals surface area contributed by atoms with E-state index in [1.54, 1.807) is 0 Å². The number of nitrogen functional groups attached to an aromatic ring is 1. The number of hydrogen-bond donors (Lipinski definition) is 3. The molecule has 0 bridgehead atoms. The quantitative estimate of drug-likeness (QED) is 0.505. The highest BCUT2D eigenvalue weighted by molar-refractivity contribution is 9.10. The van der Waals surface area contributed by atoms with Gasteiger partial charge in [0.1, 0.15) is 5.75 Å². The third-order valence-corrected chi connectivity index (χ3v) is 2.00. The maximum atomic E-state index is 10.5. The van der Waals surface area contributed by atoms with E-state index in [1.165, 1.54) is 6.07 Å². The number of benzene rings is 1. The van der Waals surface area contributed by atoms with Gasteiger partial charge in [0, 0.05) is 4.47 Å². The van der Waals surface area contributed by atoms with Gasteiger partial charge in [-0.05, 0) is 28.1 Å². The molecule has 0 spiro atoms. The second-order valence-electron chi connectivity index (χ2n) is 2.19. The van der Waals surface area contributed by atoms with E-state index in [4.69, 9.17) is 15.9 Å². The number of anilines is 1. The molecule has 0 saturated heterocycles. The third-order valence-electron chi connectivity index (χ3n) is 1.34. The van der Waals surface area contributed by atoms with Crippen LogP contribution in [0.1, 0.15) is 10.4 Å². The molecule has 0 heterocycles. The molecule has 0 aromatic heterocycles. The van der Waals surface area contributed by atoms with Crippen LogP contribution in [0.4, 0.5) is 5.69 Å². The van der Waals surface area contributed by atoms with Gasteiger partial charge in [-0.3, -0.25) is 0 Å². The summed E-state index contributed by atoms with van der Waals surface area (Å²) in [6.07, 6.45) is 0. The van der Waals surface area contributed by atoms with E-state index in [0.29, 0.717) is 4.47 Å². The fourth-order valence-electron chi connectivity index (χ4n) is 0.780. The predicted octanol–water partition coefficient (Wildman–Crippen LogP) is 1.44. The van der Waals surface area contributed by atoms with Crippen LogP contribution in [0.2, 0.25) is 0 Å². The number of phenols is 1. The van der Waals surface area contributed by atoms with Crippen LogP contribution in [0.15, 0.2) is 16.6 Å². The number of phenolic OH excluding ortho intramolecular Hbond substituents is 1. The summed E-state index contributed by atoms with van der Waals surface area (Å²) in [6.45, 7) is 0. The molecule has 12 heavy (non-hydrogen) atoms. The molecule has 1 aromatic carbocycles. The number of carboxylic acids is 1. The summed E-state index contributed by atoms with van der Waals surface area (Å²) in [5.74, 6) is -1.29. The van der Waals surface area contributed by atoms with E-state index >= 15 is 0 Å². The van der Waals surface area contributed by atoms with Gasteiger partial charge in [-0.1, -0.05) is 0 Å². The molecule has 0 aliphatic rings. The lowest BCUT2D eigenvalue weighted by Crippen LogP contribution is -2.02. The number of carbonyl (C=O) groups is 1. The molecule has 4 N–H and O–H groups in total. The summed E-state index contributed by atoms with van der Waals surface area (Å²) in [4.78, 5) is 10.5. The molecule has 0 fully saturated rings. The zero-order valence-electron chi connectivity index (χ0n) is 5.91. The Hall–Kier alpha value is -1.23. The average Bonchev–Trinajstić information content (AvgIpc) is 1.96. The van der Waals surface area contributed by atoms with Crippen molar-refractivity contribution in [2.75, 3.05) is 5.73 Å². The molecule has 0 aliphatic carbocycles. The standard InChI is InChI=1S/C7H6BrNO3/c8-5-2-3(10)1-4(6(5)9)7(11)12/h1-2,10H,9H2,(H,11,12).